The summed E-state index contributed by atoms with van der Waals surface area (Å²) in [4.78, 5) is 0. The first-order valence-electron chi connectivity index (χ1n) is 4.34. The molecule has 0 aromatic heterocycles. The van der Waals surface area contributed by atoms with Crippen LogP contribution in [0.25, 0.3) is 0 Å². The third kappa shape index (κ3) is 3.94. The Kier molecular flexibility index (Phi) is 4.70. The maximum absolute atomic E-state index is 10.4. The van der Waals surface area contributed by atoms with E-state index in [1.54, 1.807) is 0 Å². The molecule has 0 unspecified atom stereocenters. The first-order chi connectivity index (χ1) is 6.70. The van der Waals surface area contributed by atoms with Gasteiger partial charge in [0.25, 0.3) is 0 Å². The maximum Gasteiger partial charge on any atom is 0.228 e. The lowest BCUT2D eigenvalue weighted by molar-refractivity contribution is 0.627. The summed E-state index contributed by atoms with van der Waals surface area (Å²) in [6, 6.07) is 9.91. The van der Waals surface area contributed by atoms with Gasteiger partial charge < -0.3 is 0 Å². The summed E-state index contributed by atoms with van der Waals surface area (Å²) in [6.07, 6.45) is 2.04. The van der Waals surface area contributed by atoms with Crippen LogP contribution in [0.4, 0.5) is 0 Å². The molecule has 0 N–H and O–H groups in total. The summed E-state index contributed by atoms with van der Waals surface area (Å²) < 4.78 is 20.8. The van der Waals surface area contributed by atoms with Crippen molar-refractivity contribution in [1.29, 1.82) is 0 Å². The second-order valence-electron chi connectivity index (χ2n) is 2.93. The summed E-state index contributed by atoms with van der Waals surface area (Å²) in [5.74, 6) is 0. The van der Waals surface area contributed by atoms with Crippen molar-refractivity contribution >= 4 is 26.2 Å². The number of benzene rings is 1. The number of aryl methyl sites for hydroxylation is 1. The number of rotatable bonds is 4. The normalized spacial score (nSPS) is 9.79. The Morgan fingerprint density at radius 3 is 2.43 bits per heavy atom. The summed E-state index contributed by atoms with van der Waals surface area (Å²) in [5.41, 5.74) is 1.20. The standard InChI is InChI=1S/C10H11ClO2S/c11-10(14(12)13)8-4-7-9-5-2-1-3-6-9/h1-3,5-6H,4,7-8H2. The molecule has 76 valence electrons. The lowest BCUT2D eigenvalue weighted by Gasteiger charge is -1.98. The second-order valence-corrected chi connectivity index (χ2v) is 4.57. The molecule has 0 atom stereocenters. The van der Waals surface area contributed by atoms with Crippen LogP contribution in [0, 0.1) is 0 Å². The van der Waals surface area contributed by atoms with Gasteiger partial charge in [-0.1, -0.05) is 41.9 Å². The largest absolute Gasteiger partial charge is 0.228 e. The molecule has 0 saturated heterocycles. The van der Waals surface area contributed by atoms with Crippen molar-refractivity contribution < 1.29 is 8.42 Å². The van der Waals surface area contributed by atoms with Crippen LogP contribution in [0.2, 0.25) is 0 Å². The van der Waals surface area contributed by atoms with Gasteiger partial charge in [0.2, 0.25) is 10.3 Å². The van der Waals surface area contributed by atoms with Gasteiger partial charge in [-0.25, -0.2) is 0 Å². The predicted octanol–water partition coefficient (Wildman–Crippen LogP) is 2.26. The van der Waals surface area contributed by atoms with Crippen molar-refractivity contribution in [3.05, 3.63) is 35.9 Å². The van der Waals surface area contributed by atoms with Gasteiger partial charge in [-0.15, -0.1) is 0 Å². The lowest BCUT2D eigenvalue weighted by Crippen LogP contribution is -1.92. The maximum atomic E-state index is 10.4. The molecule has 0 fully saturated rings. The molecule has 4 heteroatoms. The van der Waals surface area contributed by atoms with Crippen LogP contribution < -0.4 is 0 Å². The van der Waals surface area contributed by atoms with E-state index < -0.39 is 10.3 Å². The van der Waals surface area contributed by atoms with Crippen molar-refractivity contribution in [3.63, 3.8) is 0 Å². The summed E-state index contributed by atoms with van der Waals surface area (Å²) in [5, 5.41) is 0. The van der Waals surface area contributed by atoms with E-state index in [2.05, 4.69) is 0 Å². The van der Waals surface area contributed by atoms with E-state index in [0.717, 1.165) is 12.8 Å². The van der Waals surface area contributed by atoms with Gasteiger partial charge in [0.1, 0.15) is 4.32 Å². The van der Waals surface area contributed by atoms with Gasteiger partial charge in [0.15, 0.2) is 0 Å². The monoisotopic (exact) mass is 230 g/mol. The fourth-order valence-electron chi connectivity index (χ4n) is 1.16. The molecule has 0 aliphatic carbocycles. The topological polar surface area (TPSA) is 34.1 Å². The Labute approximate surface area is 90.1 Å². The molecule has 0 aliphatic heterocycles. The van der Waals surface area contributed by atoms with Crippen molar-refractivity contribution in [2.24, 2.45) is 0 Å². The van der Waals surface area contributed by atoms with Crippen molar-refractivity contribution in [2.45, 2.75) is 19.3 Å². The molecule has 1 aromatic rings. The SMILES string of the molecule is O=S(=O)=C(Cl)CCCc1ccccc1. The Balaban J connectivity index is 2.40. The van der Waals surface area contributed by atoms with Crippen LogP contribution in [0.3, 0.4) is 0 Å². The molecule has 0 heterocycles. The van der Waals surface area contributed by atoms with Crippen LogP contribution in [0.1, 0.15) is 18.4 Å². The molecule has 0 saturated carbocycles. The zero-order chi connectivity index (χ0) is 10.4. The van der Waals surface area contributed by atoms with E-state index >= 15 is 0 Å². The third-order valence-corrected chi connectivity index (χ3v) is 3.00. The highest BCUT2D eigenvalue weighted by atomic mass is 35.5. The minimum atomic E-state index is -2.24. The zero-order valence-corrected chi connectivity index (χ0v) is 9.18. The zero-order valence-electron chi connectivity index (χ0n) is 7.61. The van der Waals surface area contributed by atoms with E-state index in [1.807, 2.05) is 30.3 Å². The summed E-state index contributed by atoms with van der Waals surface area (Å²) >= 11 is 5.49. The van der Waals surface area contributed by atoms with E-state index in [9.17, 15) is 8.42 Å². The highest BCUT2D eigenvalue weighted by molar-refractivity contribution is 7.76. The van der Waals surface area contributed by atoms with E-state index in [-0.39, 0.29) is 4.32 Å². The molecule has 0 amide bonds. The molecule has 0 radical (unpaired) electrons. The van der Waals surface area contributed by atoms with Crippen molar-refractivity contribution in [3.8, 4) is 0 Å². The predicted molar refractivity (Wildman–Crippen MR) is 59.2 cm³/mol. The summed E-state index contributed by atoms with van der Waals surface area (Å²) in [7, 11) is -2.24. The molecule has 1 rings (SSSR count). The Morgan fingerprint density at radius 2 is 1.86 bits per heavy atom. The van der Waals surface area contributed by atoms with Crippen LogP contribution in [0.15, 0.2) is 30.3 Å². The van der Waals surface area contributed by atoms with Crippen LogP contribution >= 0.6 is 11.6 Å². The molecule has 14 heavy (non-hydrogen) atoms. The van der Waals surface area contributed by atoms with Crippen molar-refractivity contribution in [1.82, 2.24) is 0 Å². The van der Waals surface area contributed by atoms with Gasteiger partial charge in [-0.05, 0) is 24.8 Å². The van der Waals surface area contributed by atoms with Gasteiger partial charge in [-0.2, -0.15) is 8.42 Å². The third-order valence-electron chi connectivity index (χ3n) is 1.86. The number of halogens is 1. The fourth-order valence-corrected chi connectivity index (χ4v) is 1.60. The van der Waals surface area contributed by atoms with Crippen LogP contribution in [-0.2, 0) is 16.7 Å². The first-order valence-corrected chi connectivity index (χ1v) is 5.80. The molecule has 0 aliphatic rings. The van der Waals surface area contributed by atoms with Gasteiger partial charge in [0.05, 0.1) is 0 Å². The Bertz CT molecular complexity index is 401. The molecule has 2 nitrogen and oxygen atoms in total. The summed E-state index contributed by atoms with van der Waals surface area (Å²) in [6.45, 7) is 0. The molecular formula is C10H11ClO2S. The molecule has 0 bridgehead atoms. The minimum absolute atomic E-state index is 0.0148. The average molecular weight is 231 g/mol. The van der Waals surface area contributed by atoms with Gasteiger partial charge >= 0.3 is 0 Å². The van der Waals surface area contributed by atoms with Crippen LogP contribution in [0.5, 0.6) is 0 Å². The minimum Gasteiger partial charge on any atom is -0.183 e. The number of hydrogen-bond donors (Lipinski definition) is 0. The molecule has 1 aromatic carbocycles. The van der Waals surface area contributed by atoms with Crippen LogP contribution in [-0.4, -0.2) is 12.7 Å². The van der Waals surface area contributed by atoms with E-state index in [4.69, 9.17) is 11.6 Å². The lowest BCUT2D eigenvalue weighted by atomic mass is 10.1. The highest BCUT2D eigenvalue weighted by Crippen LogP contribution is 2.05. The average Bonchev–Trinajstić information content (AvgIpc) is 2.19. The molecule has 0 spiro atoms. The van der Waals surface area contributed by atoms with E-state index in [1.165, 1.54) is 5.56 Å². The molecular weight excluding hydrogens is 220 g/mol. The Hall–Kier alpha value is -0.800. The van der Waals surface area contributed by atoms with Gasteiger partial charge in [0, 0.05) is 0 Å². The quantitative estimate of drug-likeness (QED) is 0.587. The smallest absolute Gasteiger partial charge is 0.183 e. The van der Waals surface area contributed by atoms with Crippen molar-refractivity contribution in [2.75, 3.05) is 0 Å². The highest BCUT2D eigenvalue weighted by Gasteiger charge is 1.97. The second kappa shape index (κ2) is 5.83. The van der Waals surface area contributed by atoms with E-state index in [0.29, 0.717) is 6.42 Å². The first kappa shape index (κ1) is 11.3. The Morgan fingerprint density at radius 1 is 1.21 bits per heavy atom. The fraction of sp³-hybridized carbons (Fsp3) is 0.300. The van der Waals surface area contributed by atoms with Gasteiger partial charge in [-0.3, -0.25) is 0 Å². The number of hydrogen-bond acceptors (Lipinski definition) is 2.